The first-order chi connectivity index (χ1) is 12.0. The average molecular weight is 359 g/mol. The quantitative estimate of drug-likeness (QED) is 0.734. The van der Waals surface area contributed by atoms with Crippen molar-refractivity contribution in [2.24, 2.45) is 5.92 Å². The number of H-pyrrole nitrogens is 1. The van der Waals surface area contributed by atoms with E-state index in [1.165, 1.54) is 28.3 Å². The van der Waals surface area contributed by atoms with Crippen molar-refractivity contribution in [1.29, 1.82) is 0 Å². The first-order valence-corrected chi connectivity index (χ1v) is 9.11. The number of hydrogen-bond acceptors (Lipinski definition) is 5. The molecule has 0 amide bonds. The molecule has 132 valence electrons. The monoisotopic (exact) mass is 359 g/mol. The second-order valence-electron chi connectivity index (χ2n) is 6.35. The molecule has 0 aliphatic carbocycles. The Hall–Kier alpha value is -2.41. The van der Waals surface area contributed by atoms with Gasteiger partial charge in [0, 0.05) is 22.8 Å². The van der Waals surface area contributed by atoms with E-state index < -0.39 is 0 Å². The van der Waals surface area contributed by atoms with Crippen LogP contribution in [0.25, 0.3) is 10.2 Å². The zero-order chi connectivity index (χ0) is 18.0. The van der Waals surface area contributed by atoms with Crippen molar-refractivity contribution < 1.29 is 4.74 Å². The number of thiophene rings is 1. The van der Waals surface area contributed by atoms with Gasteiger partial charge in [-0.15, -0.1) is 11.3 Å². The smallest absolute Gasteiger partial charge is 0.262 e. The molecule has 0 spiro atoms. The third-order valence-electron chi connectivity index (χ3n) is 3.77. The Morgan fingerprint density at radius 1 is 1.32 bits per heavy atom. The van der Waals surface area contributed by atoms with Gasteiger partial charge in [0.1, 0.15) is 4.83 Å². The summed E-state index contributed by atoms with van der Waals surface area (Å²) in [6.45, 7) is 6.84. The first-order valence-electron chi connectivity index (χ1n) is 8.30. The summed E-state index contributed by atoms with van der Waals surface area (Å²) in [5.41, 5.74) is 0.346. The van der Waals surface area contributed by atoms with E-state index in [2.05, 4.69) is 16.9 Å². The van der Waals surface area contributed by atoms with Crippen LogP contribution in [-0.4, -0.2) is 21.1 Å². The Morgan fingerprint density at radius 3 is 2.80 bits per heavy atom. The number of aryl methyl sites for hydroxylation is 1. The molecule has 3 aromatic rings. The van der Waals surface area contributed by atoms with E-state index >= 15 is 0 Å². The maximum atomic E-state index is 12.6. The lowest BCUT2D eigenvalue weighted by Crippen LogP contribution is -2.22. The van der Waals surface area contributed by atoms with Crippen molar-refractivity contribution in [3.63, 3.8) is 0 Å². The fraction of sp³-hybridized carbons (Fsp3) is 0.389. The summed E-state index contributed by atoms with van der Waals surface area (Å²) in [6.07, 6.45) is 3.96. The van der Waals surface area contributed by atoms with Crippen molar-refractivity contribution in [2.75, 3.05) is 6.61 Å². The van der Waals surface area contributed by atoms with Gasteiger partial charge in [-0.25, -0.2) is 4.98 Å². The topological polar surface area (TPSA) is 77.0 Å². The SMILES string of the molecule is CCc1cc2c(=O)n(Cc3cc(=O)c(OCC(C)C)c[nH]3)cnc2s1. The Bertz CT molecular complexity index is 1000. The van der Waals surface area contributed by atoms with Gasteiger partial charge in [0.25, 0.3) is 5.56 Å². The third kappa shape index (κ3) is 3.82. The molecule has 0 fully saturated rings. The molecule has 3 rings (SSSR count). The van der Waals surface area contributed by atoms with E-state index in [1.807, 2.05) is 19.9 Å². The summed E-state index contributed by atoms with van der Waals surface area (Å²) in [4.78, 5) is 34.0. The lowest BCUT2D eigenvalue weighted by molar-refractivity contribution is 0.267. The summed E-state index contributed by atoms with van der Waals surface area (Å²) < 4.78 is 6.98. The Morgan fingerprint density at radius 2 is 2.12 bits per heavy atom. The van der Waals surface area contributed by atoms with Gasteiger partial charge in [-0.2, -0.15) is 0 Å². The van der Waals surface area contributed by atoms with Gasteiger partial charge in [-0.1, -0.05) is 20.8 Å². The van der Waals surface area contributed by atoms with E-state index in [9.17, 15) is 9.59 Å². The molecule has 0 aromatic carbocycles. The number of hydrogen-bond donors (Lipinski definition) is 1. The molecule has 0 unspecified atom stereocenters. The van der Waals surface area contributed by atoms with Crippen LogP contribution in [0.5, 0.6) is 5.75 Å². The van der Waals surface area contributed by atoms with Gasteiger partial charge in [0.05, 0.1) is 24.9 Å². The second-order valence-corrected chi connectivity index (χ2v) is 7.47. The van der Waals surface area contributed by atoms with Gasteiger partial charge in [0.2, 0.25) is 5.43 Å². The maximum Gasteiger partial charge on any atom is 0.262 e. The molecule has 0 saturated heterocycles. The molecule has 0 aliphatic rings. The van der Waals surface area contributed by atoms with Crippen LogP contribution in [0, 0.1) is 5.92 Å². The van der Waals surface area contributed by atoms with Crippen LogP contribution < -0.4 is 15.7 Å². The van der Waals surface area contributed by atoms with Crippen molar-refractivity contribution in [3.05, 3.63) is 55.8 Å². The number of rotatable bonds is 6. The number of aromatic amines is 1. The minimum absolute atomic E-state index is 0.0954. The van der Waals surface area contributed by atoms with Gasteiger partial charge >= 0.3 is 0 Å². The summed E-state index contributed by atoms with van der Waals surface area (Å²) >= 11 is 1.54. The predicted molar refractivity (Wildman–Crippen MR) is 99.8 cm³/mol. The highest BCUT2D eigenvalue weighted by Gasteiger charge is 2.10. The standard InChI is InChI=1S/C18H21N3O3S/c1-4-13-6-14-17(25-13)20-10-21(18(14)23)8-12-5-15(22)16(7-19-12)24-9-11(2)3/h5-7,10-11H,4,8-9H2,1-3H3,(H,19,22). The van der Waals surface area contributed by atoms with Crippen molar-refractivity contribution >= 4 is 21.6 Å². The van der Waals surface area contributed by atoms with Crippen LogP contribution in [-0.2, 0) is 13.0 Å². The zero-order valence-electron chi connectivity index (χ0n) is 14.5. The van der Waals surface area contributed by atoms with Gasteiger partial charge in [-0.3, -0.25) is 14.2 Å². The Balaban J connectivity index is 1.86. The van der Waals surface area contributed by atoms with Gasteiger partial charge in [0.15, 0.2) is 5.75 Å². The minimum Gasteiger partial charge on any atom is -0.488 e. The largest absolute Gasteiger partial charge is 0.488 e. The fourth-order valence-electron chi connectivity index (χ4n) is 2.44. The molecular formula is C18H21N3O3S. The molecular weight excluding hydrogens is 338 g/mol. The number of aromatic nitrogens is 3. The average Bonchev–Trinajstić information content (AvgIpc) is 3.01. The molecule has 0 aliphatic heterocycles. The second kappa shape index (κ2) is 7.23. The van der Waals surface area contributed by atoms with Crippen LogP contribution in [0.2, 0.25) is 0 Å². The lowest BCUT2D eigenvalue weighted by Gasteiger charge is -2.09. The summed E-state index contributed by atoms with van der Waals surface area (Å²) in [7, 11) is 0. The molecule has 1 N–H and O–H groups in total. The molecule has 0 bridgehead atoms. The van der Waals surface area contributed by atoms with E-state index in [-0.39, 0.29) is 17.5 Å². The molecule has 0 radical (unpaired) electrons. The first kappa shape index (κ1) is 17.4. The molecule has 6 nitrogen and oxygen atoms in total. The van der Waals surface area contributed by atoms with E-state index in [4.69, 9.17) is 4.74 Å². The summed E-state index contributed by atoms with van der Waals surface area (Å²) in [5, 5.41) is 0.628. The normalized spacial score (nSPS) is 11.4. The number of fused-ring (bicyclic) bond motifs is 1. The maximum absolute atomic E-state index is 12.6. The molecule has 0 atom stereocenters. The highest BCUT2D eigenvalue weighted by Crippen LogP contribution is 2.21. The van der Waals surface area contributed by atoms with Crippen LogP contribution in [0.1, 0.15) is 31.3 Å². The van der Waals surface area contributed by atoms with Crippen molar-refractivity contribution in [3.8, 4) is 5.75 Å². The summed E-state index contributed by atoms with van der Waals surface area (Å²) in [6, 6.07) is 3.37. The summed E-state index contributed by atoms with van der Waals surface area (Å²) in [5.74, 6) is 0.637. The Kier molecular flexibility index (Phi) is 5.03. The number of nitrogens with zero attached hydrogens (tertiary/aromatic N) is 2. The van der Waals surface area contributed by atoms with E-state index in [0.29, 0.717) is 29.4 Å². The zero-order valence-corrected chi connectivity index (χ0v) is 15.4. The van der Waals surface area contributed by atoms with Crippen molar-refractivity contribution in [1.82, 2.24) is 14.5 Å². The molecule has 3 heterocycles. The predicted octanol–water partition coefficient (Wildman–Crippen LogP) is 2.79. The van der Waals surface area contributed by atoms with E-state index in [1.54, 1.807) is 6.20 Å². The van der Waals surface area contributed by atoms with Crippen LogP contribution in [0.4, 0.5) is 0 Å². The fourth-order valence-corrected chi connectivity index (χ4v) is 3.37. The van der Waals surface area contributed by atoms with Gasteiger partial charge in [-0.05, 0) is 18.4 Å². The highest BCUT2D eigenvalue weighted by atomic mass is 32.1. The number of nitrogens with one attached hydrogen (secondary N) is 1. The Labute approximate surface area is 149 Å². The lowest BCUT2D eigenvalue weighted by atomic mass is 10.2. The van der Waals surface area contributed by atoms with E-state index in [0.717, 1.165) is 16.1 Å². The van der Waals surface area contributed by atoms with Crippen LogP contribution in [0.3, 0.4) is 0 Å². The molecule has 25 heavy (non-hydrogen) atoms. The number of ether oxygens (including phenoxy) is 1. The number of pyridine rings is 1. The molecule has 7 heteroatoms. The van der Waals surface area contributed by atoms with Crippen LogP contribution in [0.15, 0.2) is 34.2 Å². The highest BCUT2D eigenvalue weighted by molar-refractivity contribution is 7.18. The minimum atomic E-state index is -0.194. The molecule has 3 aromatic heterocycles. The van der Waals surface area contributed by atoms with Crippen molar-refractivity contribution in [2.45, 2.75) is 33.7 Å². The third-order valence-corrected chi connectivity index (χ3v) is 4.95. The molecule has 0 saturated carbocycles. The van der Waals surface area contributed by atoms with Gasteiger partial charge < -0.3 is 9.72 Å². The van der Waals surface area contributed by atoms with Crippen LogP contribution >= 0.6 is 11.3 Å².